The summed E-state index contributed by atoms with van der Waals surface area (Å²) >= 11 is 9.64. The summed E-state index contributed by atoms with van der Waals surface area (Å²) in [6.07, 6.45) is 3.64. The fourth-order valence-electron chi connectivity index (χ4n) is 2.49. The minimum absolute atomic E-state index is 0.164. The van der Waals surface area contributed by atoms with Crippen LogP contribution in [0, 0.1) is 0 Å². The third-order valence-corrected chi connectivity index (χ3v) is 4.62. The summed E-state index contributed by atoms with van der Waals surface area (Å²) in [5, 5.41) is 4.13. The van der Waals surface area contributed by atoms with Gasteiger partial charge in [0.2, 0.25) is 0 Å². The normalized spacial score (nSPS) is 12.4. The van der Waals surface area contributed by atoms with E-state index in [1.54, 1.807) is 0 Å². The molecule has 0 aliphatic rings. The van der Waals surface area contributed by atoms with E-state index in [1.165, 1.54) is 29.5 Å². The van der Waals surface area contributed by atoms with Crippen LogP contribution in [0.15, 0.2) is 46.9 Å². The van der Waals surface area contributed by atoms with E-state index in [9.17, 15) is 0 Å². The van der Waals surface area contributed by atoms with Crippen molar-refractivity contribution in [1.82, 2.24) is 5.32 Å². The summed E-state index contributed by atoms with van der Waals surface area (Å²) < 4.78 is 1.03. The molecule has 0 bridgehead atoms. The Morgan fingerprint density at radius 3 is 2.43 bits per heavy atom. The van der Waals surface area contributed by atoms with Gasteiger partial charge in [-0.25, -0.2) is 0 Å². The van der Waals surface area contributed by atoms with E-state index >= 15 is 0 Å². The molecule has 0 radical (unpaired) electrons. The van der Waals surface area contributed by atoms with Gasteiger partial charge in [0.1, 0.15) is 0 Å². The summed E-state index contributed by atoms with van der Waals surface area (Å²) in [6, 6.07) is 15.0. The molecule has 0 aliphatic carbocycles. The third-order valence-electron chi connectivity index (χ3n) is 3.69. The van der Waals surface area contributed by atoms with Gasteiger partial charge in [0, 0.05) is 9.50 Å². The van der Waals surface area contributed by atoms with Gasteiger partial charge in [0.05, 0.1) is 6.04 Å². The van der Waals surface area contributed by atoms with Crippen molar-refractivity contribution in [2.24, 2.45) is 0 Å². The number of aryl methyl sites for hydroxylation is 1. The molecule has 2 rings (SSSR count). The van der Waals surface area contributed by atoms with Crippen LogP contribution in [0.2, 0.25) is 5.02 Å². The minimum atomic E-state index is 0.164. The number of unbranched alkanes of at least 4 members (excludes halogenated alkanes) is 1. The van der Waals surface area contributed by atoms with Crippen LogP contribution in [0.5, 0.6) is 0 Å². The molecule has 0 aliphatic heterocycles. The average Bonchev–Trinajstić information content (AvgIpc) is 2.49. The number of hydrogen-bond donors (Lipinski definition) is 1. The molecule has 1 N–H and O–H groups in total. The molecule has 0 saturated heterocycles. The van der Waals surface area contributed by atoms with Crippen molar-refractivity contribution in [3.05, 3.63) is 68.7 Å². The highest BCUT2D eigenvalue weighted by Gasteiger charge is 2.15. The van der Waals surface area contributed by atoms with Crippen molar-refractivity contribution < 1.29 is 0 Å². The van der Waals surface area contributed by atoms with Crippen molar-refractivity contribution in [2.75, 3.05) is 7.05 Å². The first kappa shape index (κ1) is 16.5. The lowest BCUT2D eigenvalue weighted by atomic mass is 9.97. The quantitative estimate of drug-likeness (QED) is 0.686. The number of rotatable bonds is 6. The Balaban J connectivity index is 2.24. The summed E-state index contributed by atoms with van der Waals surface area (Å²) in [5.41, 5.74) is 3.87. The highest BCUT2D eigenvalue weighted by atomic mass is 79.9. The largest absolute Gasteiger partial charge is 0.309 e. The highest BCUT2D eigenvalue weighted by molar-refractivity contribution is 9.10. The van der Waals surface area contributed by atoms with Crippen molar-refractivity contribution in [3.8, 4) is 0 Å². The number of halogens is 2. The maximum absolute atomic E-state index is 6.03. The summed E-state index contributed by atoms with van der Waals surface area (Å²) in [5.74, 6) is 0. The SMILES string of the molecule is CCCCc1ccc(C(NC)c2ccc(Cl)cc2Br)cc1. The molecule has 1 nitrogen and oxygen atoms in total. The smallest absolute Gasteiger partial charge is 0.0585 e. The highest BCUT2D eigenvalue weighted by Crippen LogP contribution is 2.30. The minimum Gasteiger partial charge on any atom is -0.309 e. The van der Waals surface area contributed by atoms with Gasteiger partial charge >= 0.3 is 0 Å². The van der Waals surface area contributed by atoms with Gasteiger partial charge in [-0.15, -0.1) is 0 Å². The van der Waals surface area contributed by atoms with Crippen LogP contribution >= 0.6 is 27.5 Å². The van der Waals surface area contributed by atoms with Gasteiger partial charge in [-0.1, -0.05) is 71.2 Å². The molecule has 21 heavy (non-hydrogen) atoms. The van der Waals surface area contributed by atoms with E-state index in [4.69, 9.17) is 11.6 Å². The number of benzene rings is 2. The second kappa shape index (κ2) is 7.98. The van der Waals surface area contributed by atoms with E-state index in [0.29, 0.717) is 0 Å². The Morgan fingerprint density at radius 1 is 1.14 bits per heavy atom. The van der Waals surface area contributed by atoms with Gasteiger partial charge in [0.25, 0.3) is 0 Å². The molecular weight excluding hydrogens is 346 g/mol. The molecule has 0 spiro atoms. The molecule has 3 heteroatoms. The van der Waals surface area contributed by atoms with Crippen LogP contribution in [-0.2, 0) is 6.42 Å². The second-order valence-corrected chi connectivity index (χ2v) is 6.52. The zero-order valence-corrected chi connectivity index (χ0v) is 14.8. The Hall–Kier alpha value is -0.830. The second-order valence-electron chi connectivity index (χ2n) is 5.23. The van der Waals surface area contributed by atoms with E-state index in [2.05, 4.69) is 58.5 Å². The Labute approximate surface area is 140 Å². The fraction of sp³-hybridized carbons (Fsp3) is 0.333. The van der Waals surface area contributed by atoms with Crippen LogP contribution in [-0.4, -0.2) is 7.05 Å². The number of hydrogen-bond acceptors (Lipinski definition) is 1. The van der Waals surface area contributed by atoms with E-state index in [-0.39, 0.29) is 6.04 Å². The summed E-state index contributed by atoms with van der Waals surface area (Å²) in [6.45, 7) is 2.23. The van der Waals surface area contributed by atoms with Gasteiger partial charge in [-0.3, -0.25) is 0 Å². The monoisotopic (exact) mass is 365 g/mol. The third kappa shape index (κ3) is 4.32. The van der Waals surface area contributed by atoms with Crippen LogP contribution in [0.1, 0.15) is 42.5 Å². The lowest BCUT2D eigenvalue weighted by molar-refractivity contribution is 0.688. The molecule has 0 heterocycles. The van der Waals surface area contributed by atoms with Gasteiger partial charge in [-0.05, 0) is 48.7 Å². The first-order chi connectivity index (χ1) is 10.2. The van der Waals surface area contributed by atoms with E-state index in [1.807, 2.05) is 19.2 Å². The molecule has 1 atom stereocenters. The molecule has 2 aromatic carbocycles. The van der Waals surface area contributed by atoms with Gasteiger partial charge in [0.15, 0.2) is 0 Å². The molecule has 0 fully saturated rings. The lowest BCUT2D eigenvalue weighted by Gasteiger charge is -2.19. The number of nitrogens with one attached hydrogen (secondary N) is 1. The zero-order valence-electron chi connectivity index (χ0n) is 12.5. The molecule has 0 aromatic heterocycles. The van der Waals surface area contributed by atoms with Crippen molar-refractivity contribution >= 4 is 27.5 Å². The first-order valence-electron chi connectivity index (χ1n) is 7.36. The molecule has 0 amide bonds. The topological polar surface area (TPSA) is 12.0 Å². The van der Waals surface area contributed by atoms with Crippen molar-refractivity contribution in [1.29, 1.82) is 0 Å². The van der Waals surface area contributed by atoms with E-state index in [0.717, 1.165) is 15.9 Å². The Bertz CT molecular complexity index is 580. The zero-order chi connectivity index (χ0) is 15.2. The first-order valence-corrected chi connectivity index (χ1v) is 8.54. The van der Waals surface area contributed by atoms with Gasteiger partial charge in [-0.2, -0.15) is 0 Å². The standard InChI is InChI=1S/C18H21BrClN/c1-3-4-5-13-6-8-14(9-7-13)18(21-2)16-11-10-15(20)12-17(16)19/h6-12,18,21H,3-5H2,1-2H3. The Morgan fingerprint density at radius 2 is 1.86 bits per heavy atom. The molecule has 0 saturated carbocycles. The van der Waals surface area contributed by atoms with Crippen molar-refractivity contribution in [3.63, 3.8) is 0 Å². The predicted octanol–water partition coefficient (Wildman–Crippen LogP) is 5.75. The van der Waals surface area contributed by atoms with Crippen molar-refractivity contribution in [2.45, 2.75) is 32.2 Å². The van der Waals surface area contributed by atoms with Crippen LogP contribution < -0.4 is 5.32 Å². The van der Waals surface area contributed by atoms with E-state index < -0.39 is 0 Å². The lowest BCUT2D eigenvalue weighted by Crippen LogP contribution is -2.18. The molecule has 1 unspecified atom stereocenters. The summed E-state index contributed by atoms with van der Waals surface area (Å²) in [7, 11) is 1.98. The predicted molar refractivity (Wildman–Crippen MR) is 95.1 cm³/mol. The Kier molecular flexibility index (Phi) is 6.28. The maximum Gasteiger partial charge on any atom is 0.0585 e. The van der Waals surface area contributed by atoms with Crippen LogP contribution in [0.3, 0.4) is 0 Å². The molecular formula is C18H21BrClN. The van der Waals surface area contributed by atoms with Gasteiger partial charge < -0.3 is 5.32 Å². The van der Waals surface area contributed by atoms with Crippen LogP contribution in [0.25, 0.3) is 0 Å². The maximum atomic E-state index is 6.03. The summed E-state index contributed by atoms with van der Waals surface area (Å²) in [4.78, 5) is 0. The van der Waals surface area contributed by atoms with Crippen LogP contribution in [0.4, 0.5) is 0 Å². The average molecular weight is 367 g/mol. The molecule has 2 aromatic rings. The molecule has 112 valence electrons. The fourth-order valence-corrected chi connectivity index (χ4v) is 3.41.